The zero-order valence-electron chi connectivity index (χ0n) is 24.1. The van der Waals surface area contributed by atoms with E-state index >= 15 is 0 Å². The largest absolute Gasteiger partial charge is 0.481 e. The number of aromatic nitrogens is 3. The van der Waals surface area contributed by atoms with E-state index in [9.17, 15) is 18.0 Å². The fraction of sp³-hybridized carbons (Fsp3) is 0.448. The van der Waals surface area contributed by atoms with Crippen LogP contribution in [0.4, 0.5) is 18.9 Å². The van der Waals surface area contributed by atoms with Crippen LogP contribution in [0.25, 0.3) is 11.3 Å². The number of methoxy groups -OCH3 is 1. The van der Waals surface area contributed by atoms with Crippen LogP contribution in [0.2, 0.25) is 0 Å². The van der Waals surface area contributed by atoms with Crippen molar-refractivity contribution in [1.29, 1.82) is 0 Å². The molecule has 226 valence electrons. The number of alkyl halides is 3. The van der Waals surface area contributed by atoms with E-state index in [4.69, 9.17) is 19.2 Å². The summed E-state index contributed by atoms with van der Waals surface area (Å²) in [6.07, 6.45) is -2.53. The Hall–Kier alpha value is -4.13. The lowest BCUT2D eigenvalue weighted by Crippen LogP contribution is -2.55. The molecule has 1 atom stereocenters. The Bertz CT molecular complexity index is 1370. The molecule has 0 bridgehead atoms. The van der Waals surface area contributed by atoms with Gasteiger partial charge in [0.1, 0.15) is 12.3 Å². The monoisotopic (exact) mass is 588 g/mol. The third-order valence-corrected chi connectivity index (χ3v) is 6.89. The van der Waals surface area contributed by atoms with Gasteiger partial charge in [0.25, 0.3) is 5.91 Å². The number of hydrogen-bond acceptors (Lipinski definition) is 9. The van der Waals surface area contributed by atoms with Gasteiger partial charge < -0.3 is 29.3 Å². The molecule has 1 N–H and O–H groups in total. The van der Waals surface area contributed by atoms with Gasteiger partial charge in [-0.3, -0.25) is 4.79 Å². The van der Waals surface area contributed by atoms with Gasteiger partial charge in [0.05, 0.1) is 30.5 Å². The first kappa shape index (κ1) is 30.8. The molecule has 0 aromatic carbocycles. The molecule has 3 aromatic heterocycles. The lowest BCUT2D eigenvalue weighted by atomic mass is 10.1. The topological polar surface area (TPSA) is 102 Å². The SMILES string of the molecule is CCOc1ncccc1-c1ccc(N2CCN(C(=O)c3ccc(OC)nc3C(F)(F)F)C[C@H]2CC)c(OCCNC)n1. The number of likely N-dealkylation sites (N-methyl/N-ethyl adjacent to an activating group) is 1. The highest BCUT2D eigenvalue weighted by atomic mass is 19.4. The van der Waals surface area contributed by atoms with Crippen molar-refractivity contribution < 1.29 is 32.2 Å². The summed E-state index contributed by atoms with van der Waals surface area (Å²) in [6, 6.07) is 9.64. The number of halogens is 3. The molecule has 1 fully saturated rings. The molecule has 42 heavy (non-hydrogen) atoms. The molecule has 10 nitrogen and oxygen atoms in total. The first-order valence-electron chi connectivity index (χ1n) is 13.8. The molecule has 0 spiro atoms. The minimum Gasteiger partial charge on any atom is -0.481 e. The van der Waals surface area contributed by atoms with Gasteiger partial charge in [-0.25, -0.2) is 15.0 Å². The number of anilines is 1. The Morgan fingerprint density at radius 3 is 2.57 bits per heavy atom. The van der Waals surface area contributed by atoms with Gasteiger partial charge in [-0.15, -0.1) is 0 Å². The lowest BCUT2D eigenvalue weighted by molar-refractivity contribution is -0.141. The number of nitrogens with one attached hydrogen (secondary N) is 1. The summed E-state index contributed by atoms with van der Waals surface area (Å²) >= 11 is 0. The molecule has 1 saturated heterocycles. The van der Waals surface area contributed by atoms with Crippen molar-refractivity contribution >= 4 is 11.6 Å². The molecule has 0 radical (unpaired) electrons. The van der Waals surface area contributed by atoms with Gasteiger partial charge >= 0.3 is 6.18 Å². The van der Waals surface area contributed by atoms with Gasteiger partial charge in [0, 0.05) is 44.5 Å². The van der Waals surface area contributed by atoms with Crippen molar-refractivity contribution in [3.8, 4) is 28.9 Å². The number of amides is 1. The molecule has 3 aromatic rings. The van der Waals surface area contributed by atoms with Gasteiger partial charge in [0.15, 0.2) is 5.69 Å². The average molecular weight is 589 g/mol. The Morgan fingerprint density at radius 2 is 1.88 bits per heavy atom. The average Bonchev–Trinajstić information content (AvgIpc) is 3.00. The number of carbonyl (C=O) groups excluding carboxylic acids is 1. The Balaban J connectivity index is 1.63. The molecule has 1 amide bonds. The van der Waals surface area contributed by atoms with Crippen molar-refractivity contribution in [3.63, 3.8) is 0 Å². The quantitative estimate of drug-likeness (QED) is 0.329. The Morgan fingerprint density at radius 1 is 1.07 bits per heavy atom. The highest BCUT2D eigenvalue weighted by Crippen LogP contribution is 2.36. The second-order valence-corrected chi connectivity index (χ2v) is 9.52. The van der Waals surface area contributed by atoms with E-state index in [2.05, 4.69) is 20.2 Å². The third kappa shape index (κ3) is 6.84. The molecule has 4 rings (SSSR count). The highest BCUT2D eigenvalue weighted by molar-refractivity contribution is 5.95. The maximum absolute atomic E-state index is 13.8. The fourth-order valence-electron chi connectivity index (χ4n) is 4.82. The molecular weight excluding hydrogens is 553 g/mol. The van der Waals surface area contributed by atoms with E-state index in [1.165, 1.54) is 18.1 Å². The zero-order chi connectivity index (χ0) is 30.3. The van der Waals surface area contributed by atoms with E-state index in [-0.39, 0.29) is 25.0 Å². The van der Waals surface area contributed by atoms with Crippen molar-refractivity contribution in [1.82, 2.24) is 25.2 Å². The Labute approximate surface area is 242 Å². The van der Waals surface area contributed by atoms with Crippen LogP contribution in [-0.2, 0) is 6.18 Å². The van der Waals surface area contributed by atoms with Crippen LogP contribution in [0.5, 0.6) is 17.6 Å². The summed E-state index contributed by atoms with van der Waals surface area (Å²) in [4.78, 5) is 29.6. The van der Waals surface area contributed by atoms with Crippen LogP contribution in [0, 0.1) is 0 Å². The number of hydrogen-bond donors (Lipinski definition) is 1. The van der Waals surface area contributed by atoms with Crippen LogP contribution in [0.3, 0.4) is 0 Å². The predicted octanol–water partition coefficient (Wildman–Crippen LogP) is 4.30. The molecule has 4 heterocycles. The van der Waals surface area contributed by atoms with Crippen LogP contribution in [0.1, 0.15) is 36.3 Å². The van der Waals surface area contributed by atoms with Gasteiger partial charge in [-0.05, 0) is 50.7 Å². The maximum atomic E-state index is 13.8. The first-order chi connectivity index (χ1) is 20.2. The van der Waals surface area contributed by atoms with Crippen molar-refractivity contribution in [2.75, 3.05) is 58.5 Å². The summed E-state index contributed by atoms with van der Waals surface area (Å²) in [7, 11) is 3.05. The molecule has 13 heteroatoms. The summed E-state index contributed by atoms with van der Waals surface area (Å²) in [6.45, 7) is 6.05. The van der Waals surface area contributed by atoms with Crippen molar-refractivity contribution in [2.24, 2.45) is 0 Å². The summed E-state index contributed by atoms with van der Waals surface area (Å²) < 4.78 is 58.0. The van der Waals surface area contributed by atoms with Crippen molar-refractivity contribution in [2.45, 2.75) is 32.5 Å². The molecular formula is C29H35F3N6O4. The molecule has 0 aliphatic carbocycles. The molecule has 1 aliphatic rings. The number of pyridine rings is 3. The number of nitrogens with zero attached hydrogens (tertiary/aromatic N) is 5. The highest BCUT2D eigenvalue weighted by Gasteiger charge is 2.40. The normalized spacial score (nSPS) is 15.5. The lowest BCUT2D eigenvalue weighted by Gasteiger charge is -2.43. The number of carbonyl (C=O) groups is 1. The standard InChI is InChI=1S/C29H35F3N6O4/c1-5-19-18-37(28(39)21-9-12-24(40-4)36-25(21)29(30,31)32)15-16-38(19)23-11-10-22(35-27(23)42-17-14-33-3)20-8-7-13-34-26(20)41-6-2/h7-13,19,33H,5-6,14-18H2,1-4H3/t19-/m1/s1. The van der Waals surface area contributed by atoms with E-state index < -0.39 is 23.3 Å². The summed E-state index contributed by atoms with van der Waals surface area (Å²) in [5.74, 6) is -0.0664. The van der Waals surface area contributed by atoms with E-state index in [1.54, 1.807) is 12.3 Å². The fourth-order valence-corrected chi connectivity index (χ4v) is 4.82. The smallest absolute Gasteiger partial charge is 0.434 e. The number of piperazine rings is 1. The number of ether oxygens (including phenoxy) is 3. The van der Waals surface area contributed by atoms with E-state index in [0.29, 0.717) is 50.2 Å². The Kier molecular flexibility index (Phi) is 10.0. The molecule has 1 aliphatic heterocycles. The van der Waals surface area contributed by atoms with Crippen LogP contribution in [-0.4, -0.2) is 85.4 Å². The summed E-state index contributed by atoms with van der Waals surface area (Å²) in [5, 5.41) is 3.05. The minimum atomic E-state index is -4.81. The molecule has 0 unspecified atom stereocenters. The van der Waals surface area contributed by atoms with Gasteiger partial charge in [-0.1, -0.05) is 6.92 Å². The predicted molar refractivity (Wildman–Crippen MR) is 151 cm³/mol. The maximum Gasteiger partial charge on any atom is 0.434 e. The van der Waals surface area contributed by atoms with Crippen LogP contribution < -0.4 is 24.4 Å². The summed E-state index contributed by atoms with van der Waals surface area (Å²) in [5.41, 5.74) is 0.320. The molecule has 0 saturated carbocycles. The second kappa shape index (κ2) is 13.7. The van der Waals surface area contributed by atoms with Crippen LogP contribution in [0.15, 0.2) is 42.6 Å². The van der Waals surface area contributed by atoms with E-state index in [0.717, 1.165) is 17.3 Å². The second-order valence-electron chi connectivity index (χ2n) is 9.52. The number of rotatable bonds is 11. The third-order valence-electron chi connectivity index (χ3n) is 6.89. The van der Waals surface area contributed by atoms with Crippen LogP contribution >= 0.6 is 0 Å². The van der Waals surface area contributed by atoms with Gasteiger partial charge in [-0.2, -0.15) is 13.2 Å². The van der Waals surface area contributed by atoms with Gasteiger partial charge in [0.2, 0.25) is 17.6 Å². The minimum absolute atomic E-state index is 0.195. The first-order valence-corrected chi connectivity index (χ1v) is 13.8. The zero-order valence-corrected chi connectivity index (χ0v) is 24.1. The van der Waals surface area contributed by atoms with Crippen molar-refractivity contribution in [3.05, 3.63) is 53.9 Å². The van der Waals surface area contributed by atoms with E-state index in [1.807, 2.05) is 39.1 Å².